The monoisotopic (exact) mass is 262 g/mol. The third kappa shape index (κ3) is 2.34. The van der Waals surface area contributed by atoms with Gasteiger partial charge in [0, 0.05) is 57.0 Å². The van der Waals surface area contributed by atoms with E-state index in [9.17, 15) is 9.59 Å². The summed E-state index contributed by atoms with van der Waals surface area (Å²) in [6.45, 7) is 3.50. The molecule has 1 unspecified atom stereocenters. The molecule has 1 saturated heterocycles. The van der Waals surface area contributed by atoms with Gasteiger partial charge in [-0.05, 0) is 6.42 Å². The predicted octanol–water partition coefficient (Wildman–Crippen LogP) is -0.254. The minimum atomic E-state index is 0.0759. The number of aromatic nitrogens is 2. The van der Waals surface area contributed by atoms with Gasteiger partial charge < -0.3 is 14.4 Å². The number of hydrogen-bond acceptors (Lipinski definition) is 3. The van der Waals surface area contributed by atoms with Gasteiger partial charge in [-0.15, -0.1) is 0 Å². The molecule has 1 aromatic rings. The van der Waals surface area contributed by atoms with Crippen LogP contribution in [-0.2, 0) is 22.6 Å². The SMILES string of the molecule is O=CN1CCN(C(=O)C2CCn3cncc3C2)CC1. The van der Waals surface area contributed by atoms with Gasteiger partial charge in [0.05, 0.1) is 6.33 Å². The van der Waals surface area contributed by atoms with Gasteiger partial charge in [-0.1, -0.05) is 0 Å². The van der Waals surface area contributed by atoms with E-state index >= 15 is 0 Å². The third-order valence-corrected chi connectivity index (χ3v) is 4.10. The number of aryl methyl sites for hydroxylation is 1. The lowest BCUT2D eigenvalue weighted by molar-refractivity contribution is -0.139. The van der Waals surface area contributed by atoms with E-state index < -0.39 is 0 Å². The highest BCUT2D eigenvalue weighted by atomic mass is 16.2. The molecule has 3 rings (SSSR count). The molecule has 1 fully saturated rings. The zero-order chi connectivity index (χ0) is 13.2. The van der Waals surface area contributed by atoms with Crippen molar-refractivity contribution in [1.29, 1.82) is 0 Å². The van der Waals surface area contributed by atoms with Gasteiger partial charge in [-0.3, -0.25) is 9.59 Å². The van der Waals surface area contributed by atoms with Crippen molar-refractivity contribution >= 4 is 12.3 Å². The lowest BCUT2D eigenvalue weighted by Gasteiger charge is -2.35. The van der Waals surface area contributed by atoms with Crippen LogP contribution in [0, 0.1) is 5.92 Å². The van der Waals surface area contributed by atoms with Crippen molar-refractivity contribution in [3.63, 3.8) is 0 Å². The van der Waals surface area contributed by atoms with Gasteiger partial charge in [0.25, 0.3) is 0 Å². The van der Waals surface area contributed by atoms with E-state index in [-0.39, 0.29) is 11.8 Å². The molecule has 1 aromatic heterocycles. The van der Waals surface area contributed by atoms with E-state index in [4.69, 9.17) is 0 Å². The first-order chi connectivity index (χ1) is 9.28. The molecule has 2 amide bonds. The second-order valence-electron chi connectivity index (χ2n) is 5.23. The molecule has 0 aliphatic carbocycles. The molecule has 6 heteroatoms. The van der Waals surface area contributed by atoms with E-state index in [1.807, 2.05) is 17.4 Å². The van der Waals surface area contributed by atoms with E-state index in [0.29, 0.717) is 26.2 Å². The average molecular weight is 262 g/mol. The lowest BCUT2D eigenvalue weighted by Crippen LogP contribution is -2.50. The molecule has 3 heterocycles. The van der Waals surface area contributed by atoms with Crippen LogP contribution in [0.5, 0.6) is 0 Å². The smallest absolute Gasteiger partial charge is 0.226 e. The number of imidazole rings is 1. The molecule has 2 aliphatic rings. The Balaban J connectivity index is 1.61. The highest BCUT2D eigenvalue weighted by Crippen LogP contribution is 2.22. The van der Waals surface area contributed by atoms with E-state index in [1.54, 1.807) is 4.90 Å². The normalized spacial score (nSPS) is 23.1. The Hall–Kier alpha value is -1.85. The Labute approximate surface area is 112 Å². The maximum absolute atomic E-state index is 12.5. The maximum Gasteiger partial charge on any atom is 0.226 e. The van der Waals surface area contributed by atoms with Crippen molar-refractivity contribution < 1.29 is 9.59 Å². The number of amides is 2. The van der Waals surface area contributed by atoms with Crippen LogP contribution in [0.3, 0.4) is 0 Å². The zero-order valence-corrected chi connectivity index (χ0v) is 10.9. The van der Waals surface area contributed by atoms with Crippen molar-refractivity contribution in [3.8, 4) is 0 Å². The number of nitrogens with zero attached hydrogens (tertiary/aromatic N) is 4. The Morgan fingerprint density at radius 3 is 2.79 bits per heavy atom. The molecule has 19 heavy (non-hydrogen) atoms. The number of fused-ring (bicyclic) bond motifs is 1. The molecule has 0 spiro atoms. The van der Waals surface area contributed by atoms with Gasteiger partial charge in [0.15, 0.2) is 0 Å². The second-order valence-corrected chi connectivity index (χ2v) is 5.23. The number of rotatable bonds is 2. The van der Waals surface area contributed by atoms with Crippen molar-refractivity contribution in [2.45, 2.75) is 19.4 Å². The summed E-state index contributed by atoms with van der Waals surface area (Å²) >= 11 is 0. The van der Waals surface area contributed by atoms with Crippen LogP contribution >= 0.6 is 0 Å². The van der Waals surface area contributed by atoms with Gasteiger partial charge in [0.2, 0.25) is 12.3 Å². The standard InChI is InChI=1S/C13H18N4O2/c18-10-15-3-5-16(6-4-15)13(19)11-1-2-17-9-14-8-12(17)7-11/h8-11H,1-7H2. The molecule has 0 radical (unpaired) electrons. The average Bonchev–Trinajstić information content (AvgIpc) is 2.94. The molecule has 6 nitrogen and oxygen atoms in total. The summed E-state index contributed by atoms with van der Waals surface area (Å²) in [6.07, 6.45) is 6.21. The van der Waals surface area contributed by atoms with Crippen LogP contribution in [-0.4, -0.2) is 57.8 Å². The first-order valence-corrected chi connectivity index (χ1v) is 6.75. The van der Waals surface area contributed by atoms with Crippen LogP contribution in [0.1, 0.15) is 12.1 Å². The minimum Gasteiger partial charge on any atom is -0.342 e. The van der Waals surface area contributed by atoms with Crippen LogP contribution in [0.2, 0.25) is 0 Å². The van der Waals surface area contributed by atoms with Gasteiger partial charge >= 0.3 is 0 Å². The fourth-order valence-corrected chi connectivity index (χ4v) is 2.89. The van der Waals surface area contributed by atoms with E-state index in [1.165, 1.54) is 0 Å². The Morgan fingerprint density at radius 2 is 2.05 bits per heavy atom. The molecule has 0 N–H and O–H groups in total. The highest BCUT2D eigenvalue weighted by Gasteiger charge is 2.30. The summed E-state index contributed by atoms with van der Waals surface area (Å²) in [5.41, 5.74) is 1.15. The molecule has 102 valence electrons. The molecule has 2 aliphatic heterocycles. The fourth-order valence-electron chi connectivity index (χ4n) is 2.89. The first-order valence-electron chi connectivity index (χ1n) is 6.75. The van der Waals surface area contributed by atoms with E-state index in [2.05, 4.69) is 9.55 Å². The lowest BCUT2D eigenvalue weighted by atomic mass is 9.94. The summed E-state index contributed by atoms with van der Waals surface area (Å²) in [6, 6.07) is 0. The minimum absolute atomic E-state index is 0.0759. The van der Waals surface area contributed by atoms with E-state index in [0.717, 1.165) is 31.5 Å². The second kappa shape index (κ2) is 5.03. The Morgan fingerprint density at radius 1 is 1.26 bits per heavy atom. The van der Waals surface area contributed by atoms with Gasteiger partial charge in [-0.2, -0.15) is 0 Å². The van der Waals surface area contributed by atoms with Gasteiger partial charge in [-0.25, -0.2) is 4.98 Å². The van der Waals surface area contributed by atoms with Gasteiger partial charge in [0.1, 0.15) is 0 Å². The molecule has 0 aromatic carbocycles. The zero-order valence-electron chi connectivity index (χ0n) is 10.9. The van der Waals surface area contributed by atoms with Crippen LogP contribution < -0.4 is 0 Å². The van der Waals surface area contributed by atoms with Crippen molar-refractivity contribution in [3.05, 3.63) is 18.2 Å². The van der Waals surface area contributed by atoms with Crippen LogP contribution in [0.25, 0.3) is 0 Å². The summed E-state index contributed by atoms with van der Waals surface area (Å²) in [5.74, 6) is 0.310. The largest absolute Gasteiger partial charge is 0.342 e. The maximum atomic E-state index is 12.5. The number of piperazine rings is 1. The number of carbonyl (C=O) groups is 2. The van der Waals surface area contributed by atoms with Crippen molar-refractivity contribution in [2.24, 2.45) is 5.92 Å². The molecule has 1 atom stereocenters. The van der Waals surface area contributed by atoms with Crippen LogP contribution in [0.4, 0.5) is 0 Å². The first kappa shape index (κ1) is 12.2. The predicted molar refractivity (Wildman–Crippen MR) is 68.3 cm³/mol. The topological polar surface area (TPSA) is 58.4 Å². The number of hydrogen-bond donors (Lipinski definition) is 0. The summed E-state index contributed by atoms with van der Waals surface area (Å²) < 4.78 is 2.12. The summed E-state index contributed by atoms with van der Waals surface area (Å²) in [4.78, 5) is 30.9. The molecular weight excluding hydrogens is 244 g/mol. The summed E-state index contributed by atoms with van der Waals surface area (Å²) in [7, 11) is 0. The van der Waals surface area contributed by atoms with Crippen molar-refractivity contribution in [2.75, 3.05) is 26.2 Å². The fraction of sp³-hybridized carbons (Fsp3) is 0.615. The molecule has 0 saturated carbocycles. The molecule has 0 bridgehead atoms. The highest BCUT2D eigenvalue weighted by molar-refractivity contribution is 5.79. The third-order valence-electron chi connectivity index (χ3n) is 4.10. The Bertz CT molecular complexity index is 477. The number of carbonyl (C=O) groups excluding carboxylic acids is 2. The summed E-state index contributed by atoms with van der Waals surface area (Å²) in [5, 5.41) is 0. The quantitative estimate of drug-likeness (QED) is 0.690. The Kier molecular flexibility index (Phi) is 3.23. The van der Waals surface area contributed by atoms with Crippen molar-refractivity contribution in [1.82, 2.24) is 19.4 Å². The molecular formula is C13H18N4O2. The van der Waals surface area contributed by atoms with Crippen LogP contribution in [0.15, 0.2) is 12.5 Å².